The van der Waals surface area contributed by atoms with E-state index in [1.807, 2.05) is 13.8 Å². The molecule has 17 heavy (non-hydrogen) atoms. The van der Waals surface area contributed by atoms with Gasteiger partial charge in [-0.3, -0.25) is 4.79 Å². The molecule has 0 bridgehead atoms. The van der Waals surface area contributed by atoms with Crippen molar-refractivity contribution in [3.63, 3.8) is 0 Å². The maximum atomic E-state index is 12.0. The van der Waals surface area contributed by atoms with E-state index in [4.69, 9.17) is 4.42 Å². The molecule has 1 heterocycles. The number of hydrogen-bond acceptors (Lipinski definition) is 2. The topological polar surface area (TPSA) is 42.2 Å². The molecule has 0 saturated carbocycles. The summed E-state index contributed by atoms with van der Waals surface area (Å²) in [6.07, 6.45) is 4.22. The second-order valence-corrected chi connectivity index (χ2v) is 4.60. The highest BCUT2D eigenvalue weighted by Gasteiger charge is 2.16. The molecule has 0 fully saturated rings. The number of hydrogen-bond donors (Lipinski definition) is 1. The predicted octanol–water partition coefficient (Wildman–Crippen LogP) is 3.60. The molecular weight excluding hydrogens is 214 g/mol. The average molecular weight is 237 g/mol. The molecule has 0 aliphatic heterocycles. The number of carbonyl (C=O) groups excluding carboxylic acids is 1. The largest absolute Gasteiger partial charge is 0.456 e. The zero-order valence-corrected chi connectivity index (χ0v) is 11.3. The lowest BCUT2D eigenvalue weighted by atomic mass is 10.1. The quantitative estimate of drug-likeness (QED) is 0.821. The number of carbonyl (C=O) groups is 1. The molecule has 0 saturated heterocycles. The molecule has 1 aromatic rings. The molecule has 0 radical (unpaired) electrons. The van der Waals surface area contributed by atoms with Crippen LogP contribution < -0.4 is 5.32 Å². The summed E-state index contributed by atoms with van der Waals surface area (Å²) in [6, 6.07) is 2.07. The van der Waals surface area contributed by atoms with E-state index in [0.717, 1.165) is 37.0 Å². The third-order valence-electron chi connectivity index (χ3n) is 3.00. The summed E-state index contributed by atoms with van der Waals surface area (Å²) in [4.78, 5) is 12.0. The Morgan fingerprint density at radius 1 is 1.29 bits per heavy atom. The third kappa shape index (κ3) is 3.91. The Morgan fingerprint density at radius 3 is 2.29 bits per heavy atom. The zero-order valence-electron chi connectivity index (χ0n) is 11.3. The summed E-state index contributed by atoms with van der Waals surface area (Å²) in [5.74, 6) is 1.16. The second-order valence-electron chi connectivity index (χ2n) is 4.60. The molecule has 0 spiro atoms. The fourth-order valence-corrected chi connectivity index (χ4v) is 1.93. The van der Waals surface area contributed by atoms with Gasteiger partial charge in [0.15, 0.2) is 5.76 Å². The van der Waals surface area contributed by atoms with Crippen LogP contribution >= 0.6 is 0 Å². The summed E-state index contributed by atoms with van der Waals surface area (Å²) in [5.41, 5.74) is 1.03. The average Bonchev–Trinajstić information content (AvgIpc) is 2.60. The zero-order chi connectivity index (χ0) is 12.8. The van der Waals surface area contributed by atoms with Gasteiger partial charge in [0, 0.05) is 6.04 Å². The monoisotopic (exact) mass is 237 g/mol. The first-order valence-corrected chi connectivity index (χ1v) is 6.46. The summed E-state index contributed by atoms with van der Waals surface area (Å²) in [7, 11) is 0. The van der Waals surface area contributed by atoms with Gasteiger partial charge >= 0.3 is 0 Å². The first-order chi connectivity index (χ1) is 8.08. The van der Waals surface area contributed by atoms with E-state index in [1.54, 1.807) is 6.07 Å². The third-order valence-corrected chi connectivity index (χ3v) is 3.00. The molecule has 1 amide bonds. The standard InChI is InChI=1S/C14H23NO2/c1-5-7-12(8-6-2)15-14(16)13-9-10(3)11(4)17-13/h9,12H,5-8H2,1-4H3,(H,15,16). The van der Waals surface area contributed by atoms with Crippen LogP contribution in [0.1, 0.15) is 61.4 Å². The van der Waals surface area contributed by atoms with Gasteiger partial charge in [0.2, 0.25) is 0 Å². The van der Waals surface area contributed by atoms with Crippen molar-refractivity contribution in [1.29, 1.82) is 0 Å². The van der Waals surface area contributed by atoms with Gasteiger partial charge < -0.3 is 9.73 Å². The predicted molar refractivity (Wildman–Crippen MR) is 69.3 cm³/mol. The van der Waals surface area contributed by atoms with Crippen molar-refractivity contribution in [3.8, 4) is 0 Å². The Bertz CT molecular complexity index is 343. The Kier molecular flexibility index (Phi) is 5.26. The van der Waals surface area contributed by atoms with E-state index in [-0.39, 0.29) is 11.9 Å². The number of aryl methyl sites for hydroxylation is 2. The molecule has 3 nitrogen and oxygen atoms in total. The van der Waals surface area contributed by atoms with Crippen LogP contribution in [0.25, 0.3) is 0 Å². The Hall–Kier alpha value is -1.25. The van der Waals surface area contributed by atoms with Crippen LogP contribution in [0.5, 0.6) is 0 Å². The Labute approximate surface area is 104 Å². The lowest BCUT2D eigenvalue weighted by Gasteiger charge is -2.16. The summed E-state index contributed by atoms with van der Waals surface area (Å²) in [5, 5.41) is 3.04. The maximum Gasteiger partial charge on any atom is 0.287 e. The first kappa shape index (κ1) is 13.8. The molecule has 1 N–H and O–H groups in total. The van der Waals surface area contributed by atoms with Crippen molar-refractivity contribution in [2.24, 2.45) is 0 Å². The van der Waals surface area contributed by atoms with E-state index in [2.05, 4.69) is 19.2 Å². The van der Waals surface area contributed by atoms with E-state index >= 15 is 0 Å². The normalized spacial score (nSPS) is 10.9. The highest BCUT2D eigenvalue weighted by atomic mass is 16.3. The van der Waals surface area contributed by atoms with Crippen molar-refractivity contribution < 1.29 is 9.21 Å². The van der Waals surface area contributed by atoms with Gasteiger partial charge in [-0.15, -0.1) is 0 Å². The second kappa shape index (κ2) is 6.48. The van der Waals surface area contributed by atoms with Crippen LogP contribution in [0.2, 0.25) is 0 Å². The Balaban J connectivity index is 2.63. The summed E-state index contributed by atoms with van der Waals surface area (Å²) in [6.45, 7) is 8.10. The Morgan fingerprint density at radius 2 is 1.88 bits per heavy atom. The molecule has 1 rings (SSSR count). The van der Waals surface area contributed by atoms with E-state index in [0.29, 0.717) is 5.76 Å². The summed E-state index contributed by atoms with van der Waals surface area (Å²) >= 11 is 0. The van der Waals surface area contributed by atoms with Crippen LogP contribution in [-0.4, -0.2) is 11.9 Å². The van der Waals surface area contributed by atoms with E-state index in [1.165, 1.54) is 0 Å². The molecule has 0 unspecified atom stereocenters. The number of nitrogens with one attached hydrogen (secondary N) is 1. The van der Waals surface area contributed by atoms with Gasteiger partial charge in [0.05, 0.1) is 0 Å². The van der Waals surface area contributed by atoms with Crippen molar-refractivity contribution in [2.75, 3.05) is 0 Å². The van der Waals surface area contributed by atoms with Crippen LogP contribution in [0.4, 0.5) is 0 Å². The van der Waals surface area contributed by atoms with Crippen molar-refractivity contribution >= 4 is 5.91 Å². The minimum absolute atomic E-state index is 0.0897. The highest BCUT2D eigenvalue weighted by molar-refractivity contribution is 5.91. The number of amides is 1. The molecular formula is C14H23NO2. The molecule has 0 aromatic carbocycles. The smallest absolute Gasteiger partial charge is 0.287 e. The lowest BCUT2D eigenvalue weighted by molar-refractivity contribution is 0.0903. The van der Waals surface area contributed by atoms with Crippen LogP contribution in [-0.2, 0) is 0 Å². The van der Waals surface area contributed by atoms with E-state index < -0.39 is 0 Å². The van der Waals surface area contributed by atoms with Crippen LogP contribution in [0.3, 0.4) is 0 Å². The summed E-state index contributed by atoms with van der Waals surface area (Å²) < 4.78 is 5.42. The van der Waals surface area contributed by atoms with Crippen molar-refractivity contribution in [2.45, 2.75) is 59.4 Å². The molecule has 0 aliphatic carbocycles. The van der Waals surface area contributed by atoms with Crippen LogP contribution in [0, 0.1) is 13.8 Å². The van der Waals surface area contributed by atoms with Gasteiger partial charge in [0.25, 0.3) is 5.91 Å². The SMILES string of the molecule is CCCC(CCC)NC(=O)c1cc(C)c(C)o1. The van der Waals surface area contributed by atoms with Gasteiger partial charge in [-0.2, -0.15) is 0 Å². The maximum absolute atomic E-state index is 12.0. The fraction of sp³-hybridized carbons (Fsp3) is 0.643. The van der Waals surface area contributed by atoms with Gasteiger partial charge in [0.1, 0.15) is 5.76 Å². The fourth-order valence-electron chi connectivity index (χ4n) is 1.93. The minimum atomic E-state index is -0.0897. The van der Waals surface area contributed by atoms with Crippen molar-refractivity contribution in [3.05, 3.63) is 23.2 Å². The number of furan rings is 1. The highest BCUT2D eigenvalue weighted by Crippen LogP contribution is 2.14. The van der Waals surface area contributed by atoms with Crippen LogP contribution in [0.15, 0.2) is 10.5 Å². The lowest BCUT2D eigenvalue weighted by Crippen LogP contribution is -2.34. The molecule has 3 heteroatoms. The van der Waals surface area contributed by atoms with E-state index in [9.17, 15) is 4.79 Å². The van der Waals surface area contributed by atoms with Gasteiger partial charge in [-0.25, -0.2) is 0 Å². The van der Waals surface area contributed by atoms with Crippen molar-refractivity contribution in [1.82, 2.24) is 5.32 Å². The van der Waals surface area contributed by atoms with Gasteiger partial charge in [-0.05, 0) is 38.3 Å². The molecule has 0 aliphatic rings. The number of rotatable bonds is 6. The molecule has 96 valence electrons. The molecule has 0 atom stereocenters. The first-order valence-electron chi connectivity index (χ1n) is 6.46. The molecule has 1 aromatic heterocycles. The van der Waals surface area contributed by atoms with Gasteiger partial charge in [-0.1, -0.05) is 26.7 Å². The minimum Gasteiger partial charge on any atom is -0.456 e.